The molecule has 0 fully saturated rings. The molecule has 0 heterocycles. The van der Waals surface area contributed by atoms with Gasteiger partial charge in [0.25, 0.3) is 0 Å². The molecule has 2 nitrogen and oxygen atoms in total. The van der Waals surface area contributed by atoms with E-state index in [4.69, 9.17) is 4.74 Å². The smallest absolute Gasteiger partial charge is 0.168 e. The fourth-order valence-corrected chi connectivity index (χ4v) is 2.50. The molecule has 0 aromatic heterocycles. The molecule has 0 radical (unpaired) electrons. The average Bonchev–Trinajstić information content (AvgIpc) is 2.44. The molecule has 1 unspecified atom stereocenters. The quantitative estimate of drug-likeness (QED) is 0.909. The molecule has 20 heavy (non-hydrogen) atoms. The number of ether oxygens (including phenoxy) is 1. The van der Waals surface area contributed by atoms with Crippen LogP contribution in [0.5, 0.6) is 5.75 Å². The maximum atomic E-state index is 14.0. The molecule has 0 aliphatic heterocycles. The summed E-state index contributed by atoms with van der Waals surface area (Å²) in [4.78, 5) is 0. The van der Waals surface area contributed by atoms with Gasteiger partial charge in [-0.2, -0.15) is 0 Å². The van der Waals surface area contributed by atoms with Gasteiger partial charge >= 0.3 is 0 Å². The molecule has 0 aliphatic rings. The van der Waals surface area contributed by atoms with Crippen molar-refractivity contribution in [2.75, 3.05) is 7.11 Å². The maximum absolute atomic E-state index is 14.0. The molecule has 2 aromatic rings. The first-order valence-corrected chi connectivity index (χ1v) is 6.77. The lowest BCUT2D eigenvalue weighted by molar-refractivity contribution is 0.175. The van der Waals surface area contributed by atoms with Crippen LogP contribution in [0.15, 0.2) is 40.9 Å². The predicted molar refractivity (Wildman–Crippen MR) is 75.7 cm³/mol. The molecule has 2 aromatic carbocycles. The first kappa shape index (κ1) is 14.9. The van der Waals surface area contributed by atoms with Crippen LogP contribution in [0.4, 0.5) is 8.78 Å². The van der Waals surface area contributed by atoms with Gasteiger partial charge in [0, 0.05) is 6.42 Å². The van der Waals surface area contributed by atoms with E-state index in [0.717, 1.165) is 0 Å². The van der Waals surface area contributed by atoms with E-state index in [-0.39, 0.29) is 16.6 Å². The van der Waals surface area contributed by atoms with Gasteiger partial charge in [-0.15, -0.1) is 0 Å². The van der Waals surface area contributed by atoms with Crippen LogP contribution in [0.1, 0.15) is 17.2 Å². The highest BCUT2D eigenvalue weighted by Gasteiger charge is 2.17. The third kappa shape index (κ3) is 2.99. The monoisotopic (exact) mass is 342 g/mol. The summed E-state index contributed by atoms with van der Waals surface area (Å²) in [5, 5.41) is 10.2. The van der Waals surface area contributed by atoms with E-state index < -0.39 is 17.7 Å². The van der Waals surface area contributed by atoms with Gasteiger partial charge in [0.1, 0.15) is 5.82 Å². The molecule has 0 saturated carbocycles. The molecule has 2 rings (SSSR count). The summed E-state index contributed by atoms with van der Waals surface area (Å²) in [7, 11) is 1.38. The fraction of sp³-hybridized carbons (Fsp3) is 0.200. The zero-order valence-corrected chi connectivity index (χ0v) is 12.3. The summed E-state index contributed by atoms with van der Waals surface area (Å²) in [5.41, 5.74) is 0.695. The second kappa shape index (κ2) is 6.33. The summed E-state index contributed by atoms with van der Waals surface area (Å²) in [6.07, 6.45) is -0.980. The van der Waals surface area contributed by atoms with Gasteiger partial charge in [-0.25, -0.2) is 8.78 Å². The van der Waals surface area contributed by atoms with Crippen molar-refractivity contribution in [1.29, 1.82) is 0 Å². The Bertz CT molecular complexity index is 617. The van der Waals surface area contributed by atoms with Gasteiger partial charge in [0.15, 0.2) is 11.6 Å². The Labute approximate surface area is 124 Å². The van der Waals surface area contributed by atoms with Crippen molar-refractivity contribution in [3.63, 3.8) is 0 Å². The number of aliphatic hydroxyl groups excluding tert-OH is 1. The van der Waals surface area contributed by atoms with Crippen LogP contribution in [-0.2, 0) is 6.42 Å². The Morgan fingerprint density at radius 2 is 1.90 bits per heavy atom. The molecule has 0 spiro atoms. The fourth-order valence-electron chi connectivity index (χ4n) is 1.97. The zero-order valence-electron chi connectivity index (χ0n) is 10.7. The number of methoxy groups -OCH3 is 1. The topological polar surface area (TPSA) is 29.5 Å². The Balaban J connectivity index is 2.28. The van der Waals surface area contributed by atoms with Gasteiger partial charge in [-0.1, -0.05) is 24.3 Å². The van der Waals surface area contributed by atoms with Crippen LogP contribution in [0.25, 0.3) is 0 Å². The summed E-state index contributed by atoms with van der Waals surface area (Å²) >= 11 is 3.09. The molecule has 0 saturated heterocycles. The Morgan fingerprint density at radius 3 is 2.60 bits per heavy atom. The second-order valence-electron chi connectivity index (χ2n) is 4.30. The number of aliphatic hydroxyl groups is 1. The van der Waals surface area contributed by atoms with E-state index in [2.05, 4.69) is 15.9 Å². The van der Waals surface area contributed by atoms with Crippen molar-refractivity contribution in [3.05, 3.63) is 63.6 Å². The van der Waals surface area contributed by atoms with Gasteiger partial charge in [0.2, 0.25) is 0 Å². The summed E-state index contributed by atoms with van der Waals surface area (Å²) < 4.78 is 32.5. The van der Waals surface area contributed by atoms with Crippen molar-refractivity contribution in [2.24, 2.45) is 0 Å². The van der Waals surface area contributed by atoms with Crippen LogP contribution >= 0.6 is 15.9 Å². The van der Waals surface area contributed by atoms with Crippen LogP contribution < -0.4 is 4.74 Å². The van der Waals surface area contributed by atoms with Gasteiger partial charge in [-0.3, -0.25) is 0 Å². The molecule has 1 atom stereocenters. The second-order valence-corrected chi connectivity index (χ2v) is 5.09. The van der Waals surface area contributed by atoms with Gasteiger partial charge < -0.3 is 9.84 Å². The summed E-state index contributed by atoms with van der Waals surface area (Å²) in [6, 6.07) is 9.09. The molecular formula is C15H13BrF2O2. The molecular weight excluding hydrogens is 330 g/mol. The Morgan fingerprint density at radius 1 is 1.20 bits per heavy atom. The number of benzene rings is 2. The Kier molecular flexibility index (Phi) is 4.73. The SMILES string of the molecule is COc1cccc(CC(O)c2cccc(F)c2Br)c1F. The molecule has 0 aliphatic carbocycles. The summed E-state index contributed by atoms with van der Waals surface area (Å²) in [6.45, 7) is 0. The van der Waals surface area contributed by atoms with E-state index >= 15 is 0 Å². The van der Waals surface area contributed by atoms with Crippen LogP contribution in [0.3, 0.4) is 0 Å². The minimum Gasteiger partial charge on any atom is -0.494 e. The Hall–Kier alpha value is -1.46. The van der Waals surface area contributed by atoms with Crippen molar-refractivity contribution < 1.29 is 18.6 Å². The average molecular weight is 343 g/mol. The predicted octanol–water partition coefficient (Wildman–Crippen LogP) is 4.01. The third-order valence-electron chi connectivity index (χ3n) is 3.02. The molecule has 0 bridgehead atoms. The first-order valence-electron chi connectivity index (χ1n) is 5.98. The van der Waals surface area contributed by atoms with Gasteiger partial charge in [0.05, 0.1) is 17.7 Å². The lowest BCUT2D eigenvalue weighted by atomic mass is 10.0. The number of hydrogen-bond donors (Lipinski definition) is 1. The highest BCUT2D eigenvalue weighted by molar-refractivity contribution is 9.10. The first-order chi connectivity index (χ1) is 9.54. The van der Waals surface area contributed by atoms with E-state index in [1.54, 1.807) is 18.2 Å². The van der Waals surface area contributed by atoms with Crippen LogP contribution in [-0.4, -0.2) is 12.2 Å². The molecule has 1 N–H and O–H groups in total. The minimum atomic E-state index is -1.01. The number of hydrogen-bond acceptors (Lipinski definition) is 2. The lowest BCUT2D eigenvalue weighted by Crippen LogP contribution is -2.06. The molecule has 0 amide bonds. The van der Waals surface area contributed by atoms with Crippen molar-refractivity contribution in [3.8, 4) is 5.75 Å². The van der Waals surface area contributed by atoms with Crippen molar-refractivity contribution >= 4 is 15.9 Å². The normalized spacial score (nSPS) is 12.2. The van der Waals surface area contributed by atoms with E-state index in [9.17, 15) is 13.9 Å². The minimum absolute atomic E-state index is 0.0328. The zero-order chi connectivity index (χ0) is 14.7. The summed E-state index contributed by atoms with van der Waals surface area (Å²) in [5.74, 6) is -0.859. The highest BCUT2D eigenvalue weighted by atomic mass is 79.9. The molecule has 106 valence electrons. The van der Waals surface area contributed by atoms with Crippen molar-refractivity contribution in [1.82, 2.24) is 0 Å². The van der Waals surface area contributed by atoms with Crippen molar-refractivity contribution in [2.45, 2.75) is 12.5 Å². The van der Waals surface area contributed by atoms with E-state index in [1.807, 2.05) is 0 Å². The molecule has 5 heteroatoms. The van der Waals surface area contributed by atoms with E-state index in [1.165, 1.54) is 25.3 Å². The lowest BCUT2D eigenvalue weighted by Gasteiger charge is -2.14. The van der Waals surface area contributed by atoms with E-state index in [0.29, 0.717) is 11.1 Å². The van der Waals surface area contributed by atoms with Gasteiger partial charge in [-0.05, 0) is 39.2 Å². The largest absolute Gasteiger partial charge is 0.494 e. The van der Waals surface area contributed by atoms with Crippen LogP contribution in [0, 0.1) is 11.6 Å². The third-order valence-corrected chi connectivity index (χ3v) is 3.85. The van der Waals surface area contributed by atoms with Crippen LogP contribution in [0.2, 0.25) is 0 Å². The number of halogens is 3. The number of rotatable bonds is 4. The highest BCUT2D eigenvalue weighted by Crippen LogP contribution is 2.30. The maximum Gasteiger partial charge on any atom is 0.168 e. The standard InChI is InChI=1S/C15H13BrF2O2/c1-20-13-7-2-4-9(15(13)18)8-12(19)10-5-3-6-11(17)14(10)16/h2-7,12,19H,8H2,1H3.